The summed E-state index contributed by atoms with van der Waals surface area (Å²) in [4.78, 5) is 16.4. The molecule has 7 heteroatoms. The van der Waals surface area contributed by atoms with Crippen molar-refractivity contribution in [2.45, 2.75) is 11.8 Å². The number of benzene rings is 1. The summed E-state index contributed by atoms with van der Waals surface area (Å²) in [6.45, 7) is 2.03. The van der Waals surface area contributed by atoms with Gasteiger partial charge >= 0.3 is 0 Å². The van der Waals surface area contributed by atoms with E-state index < -0.39 is 9.84 Å². The molecule has 23 heavy (non-hydrogen) atoms. The number of hydrogen-bond acceptors (Lipinski definition) is 5. The average molecular weight is 334 g/mol. The van der Waals surface area contributed by atoms with Crippen molar-refractivity contribution in [3.05, 3.63) is 53.7 Å². The lowest BCUT2D eigenvalue weighted by Gasteiger charge is -2.07. The van der Waals surface area contributed by atoms with Crippen LogP contribution in [0.25, 0.3) is 0 Å². The third-order valence-electron chi connectivity index (χ3n) is 3.19. The zero-order valence-electron chi connectivity index (χ0n) is 12.9. The molecule has 0 radical (unpaired) electrons. The molecular formula is C16H18N2O4S. The van der Waals surface area contributed by atoms with Gasteiger partial charge < -0.3 is 10.1 Å². The van der Waals surface area contributed by atoms with Crippen LogP contribution in [0.1, 0.15) is 15.9 Å². The molecular weight excluding hydrogens is 316 g/mol. The summed E-state index contributed by atoms with van der Waals surface area (Å²) in [6.07, 6.45) is 1.61. The number of ether oxygens (including phenoxy) is 1. The van der Waals surface area contributed by atoms with Crippen LogP contribution in [0.4, 0.5) is 5.82 Å². The number of methoxy groups -OCH3 is 1. The molecule has 0 spiro atoms. The standard InChI is InChI=1S/C16H18N2O4S/c1-12-7-8-17-15(11-12)18-16(19)13-3-5-14(6-4-13)23(20,21)10-9-22-2/h3-8,11H,9-10H2,1-2H3,(H,17,18,19). The highest BCUT2D eigenvalue weighted by Crippen LogP contribution is 2.14. The van der Waals surface area contributed by atoms with Gasteiger partial charge in [-0.25, -0.2) is 13.4 Å². The van der Waals surface area contributed by atoms with Gasteiger partial charge in [-0.1, -0.05) is 0 Å². The predicted octanol–water partition coefficient (Wildman–Crippen LogP) is 2.06. The second-order valence-electron chi connectivity index (χ2n) is 5.01. The van der Waals surface area contributed by atoms with Gasteiger partial charge in [0.15, 0.2) is 9.84 Å². The molecule has 1 heterocycles. The fraction of sp³-hybridized carbons (Fsp3) is 0.250. The van der Waals surface area contributed by atoms with Gasteiger partial charge in [-0.05, 0) is 48.9 Å². The first-order valence-electron chi connectivity index (χ1n) is 6.98. The molecule has 2 rings (SSSR count). The number of pyridine rings is 1. The highest BCUT2D eigenvalue weighted by molar-refractivity contribution is 7.91. The summed E-state index contributed by atoms with van der Waals surface area (Å²) in [5.74, 6) is 0.0122. The van der Waals surface area contributed by atoms with Gasteiger partial charge in [0.2, 0.25) is 0 Å². The Hall–Kier alpha value is -2.25. The van der Waals surface area contributed by atoms with Crippen molar-refractivity contribution in [3.8, 4) is 0 Å². The Morgan fingerprint density at radius 3 is 2.52 bits per heavy atom. The predicted molar refractivity (Wildman–Crippen MR) is 87.3 cm³/mol. The summed E-state index contributed by atoms with van der Waals surface area (Å²) in [5.41, 5.74) is 1.34. The third kappa shape index (κ3) is 4.61. The molecule has 0 aliphatic carbocycles. The van der Waals surface area contributed by atoms with E-state index >= 15 is 0 Å². The van der Waals surface area contributed by atoms with Crippen LogP contribution in [-0.4, -0.2) is 38.8 Å². The molecule has 0 unspecified atom stereocenters. The zero-order chi connectivity index (χ0) is 16.9. The first-order chi connectivity index (χ1) is 10.9. The fourth-order valence-corrected chi connectivity index (χ4v) is 3.09. The molecule has 1 aromatic carbocycles. The van der Waals surface area contributed by atoms with Gasteiger partial charge in [0.1, 0.15) is 5.82 Å². The number of rotatable bonds is 6. The Balaban J connectivity index is 2.11. The van der Waals surface area contributed by atoms with Gasteiger partial charge in [0, 0.05) is 18.9 Å². The van der Waals surface area contributed by atoms with Gasteiger partial charge in [-0.3, -0.25) is 4.79 Å². The number of amides is 1. The Morgan fingerprint density at radius 2 is 1.91 bits per heavy atom. The van der Waals surface area contributed by atoms with Crippen molar-refractivity contribution < 1.29 is 17.9 Å². The van der Waals surface area contributed by atoms with E-state index in [1.165, 1.54) is 31.4 Å². The quantitative estimate of drug-likeness (QED) is 0.874. The number of aromatic nitrogens is 1. The topological polar surface area (TPSA) is 85.4 Å². The van der Waals surface area contributed by atoms with E-state index in [-0.39, 0.29) is 23.2 Å². The van der Waals surface area contributed by atoms with Crippen molar-refractivity contribution in [3.63, 3.8) is 0 Å². The van der Waals surface area contributed by atoms with Crippen LogP contribution in [0, 0.1) is 6.92 Å². The number of aryl methyl sites for hydroxylation is 1. The van der Waals surface area contributed by atoms with Gasteiger partial charge in [0.25, 0.3) is 5.91 Å². The minimum Gasteiger partial charge on any atom is -0.384 e. The fourth-order valence-electron chi connectivity index (χ4n) is 1.92. The maximum atomic E-state index is 12.1. The first-order valence-corrected chi connectivity index (χ1v) is 8.63. The Bertz CT molecular complexity index is 786. The van der Waals surface area contributed by atoms with Crippen molar-refractivity contribution in [2.24, 2.45) is 0 Å². The highest BCUT2D eigenvalue weighted by atomic mass is 32.2. The second-order valence-corrected chi connectivity index (χ2v) is 7.12. The SMILES string of the molecule is COCCS(=O)(=O)c1ccc(C(=O)Nc2cc(C)ccn2)cc1. The molecule has 1 N–H and O–H groups in total. The summed E-state index contributed by atoms with van der Waals surface area (Å²) in [6, 6.07) is 9.37. The summed E-state index contributed by atoms with van der Waals surface area (Å²) in [5, 5.41) is 2.67. The van der Waals surface area contributed by atoms with E-state index in [2.05, 4.69) is 10.3 Å². The largest absolute Gasteiger partial charge is 0.384 e. The van der Waals surface area contributed by atoms with E-state index in [1.54, 1.807) is 12.3 Å². The van der Waals surface area contributed by atoms with Crippen LogP contribution in [0.2, 0.25) is 0 Å². The van der Waals surface area contributed by atoms with E-state index in [0.29, 0.717) is 11.4 Å². The highest BCUT2D eigenvalue weighted by Gasteiger charge is 2.15. The zero-order valence-corrected chi connectivity index (χ0v) is 13.8. The molecule has 1 aromatic heterocycles. The molecule has 2 aromatic rings. The molecule has 0 fully saturated rings. The van der Waals surface area contributed by atoms with Gasteiger partial charge in [0.05, 0.1) is 17.3 Å². The summed E-state index contributed by atoms with van der Waals surface area (Å²) >= 11 is 0. The maximum absolute atomic E-state index is 12.1. The second kappa shape index (κ2) is 7.34. The summed E-state index contributed by atoms with van der Waals surface area (Å²) in [7, 11) is -1.95. The van der Waals surface area contributed by atoms with Crippen molar-refractivity contribution in [1.29, 1.82) is 0 Å². The number of anilines is 1. The number of carbonyl (C=O) groups excluding carboxylic acids is 1. The van der Waals surface area contributed by atoms with Crippen LogP contribution in [0.15, 0.2) is 47.5 Å². The van der Waals surface area contributed by atoms with E-state index in [0.717, 1.165) is 5.56 Å². The summed E-state index contributed by atoms with van der Waals surface area (Å²) < 4.78 is 28.8. The number of carbonyl (C=O) groups is 1. The van der Waals surface area contributed by atoms with Crippen molar-refractivity contribution >= 4 is 21.6 Å². The van der Waals surface area contributed by atoms with E-state index in [9.17, 15) is 13.2 Å². The lowest BCUT2D eigenvalue weighted by atomic mass is 10.2. The Labute approximate surface area is 135 Å². The molecule has 6 nitrogen and oxygen atoms in total. The molecule has 0 aliphatic rings. The molecule has 0 saturated carbocycles. The minimum absolute atomic E-state index is 0.0950. The molecule has 0 saturated heterocycles. The smallest absolute Gasteiger partial charge is 0.256 e. The molecule has 0 aliphatic heterocycles. The average Bonchev–Trinajstić information content (AvgIpc) is 2.53. The number of sulfone groups is 1. The van der Waals surface area contributed by atoms with E-state index in [4.69, 9.17) is 4.74 Å². The van der Waals surface area contributed by atoms with Gasteiger partial charge in [-0.15, -0.1) is 0 Å². The van der Waals surface area contributed by atoms with Gasteiger partial charge in [-0.2, -0.15) is 0 Å². The molecule has 1 amide bonds. The third-order valence-corrected chi connectivity index (χ3v) is 4.88. The lowest BCUT2D eigenvalue weighted by Crippen LogP contribution is -2.14. The van der Waals surface area contributed by atoms with Crippen LogP contribution in [-0.2, 0) is 14.6 Å². The Kier molecular flexibility index (Phi) is 5.46. The van der Waals surface area contributed by atoms with E-state index in [1.807, 2.05) is 13.0 Å². The number of nitrogens with one attached hydrogen (secondary N) is 1. The maximum Gasteiger partial charge on any atom is 0.256 e. The minimum atomic E-state index is -3.40. The monoisotopic (exact) mass is 334 g/mol. The first kappa shape index (κ1) is 17.1. The van der Waals surface area contributed by atoms with Crippen LogP contribution in [0.3, 0.4) is 0 Å². The van der Waals surface area contributed by atoms with Crippen molar-refractivity contribution in [2.75, 3.05) is 24.8 Å². The van der Waals surface area contributed by atoms with Crippen molar-refractivity contribution in [1.82, 2.24) is 4.98 Å². The number of hydrogen-bond donors (Lipinski definition) is 1. The normalized spacial score (nSPS) is 11.2. The lowest BCUT2D eigenvalue weighted by molar-refractivity contribution is 0.102. The Morgan fingerprint density at radius 1 is 1.22 bits per heavy atom. The number of nitrogens with zero attached hydrogens (tertiary/aromatic N) is 1. The van der Waals surface area contributed by atoms with Crippen LogP contribution < -0.4 is 5.32 Å². The van der Waals surface area contributed by atoms with Crippen LogP contribution >= 0.6 is 0 Å². The van der Waals surface area contributed by atoms with Crippen LogP contribution in [0.5, 0.6) is 0 Å². The molecule has 122 valence electrons. The molecule has 0 bridgehead atoms. The molecule has 0 atom stereocenters.